The van der Waals surface area contributed by atoms with Crippen LogP contribution in [0, 0.1) is 0 Å². The van der Waals surface area contributed by atoms with Gasteiger partial charge in [0.15, 0.2) is 0 Å². The van der Waals surface area contributed by atoms with Gasteiger partial charge in [0.25, 0.3) is 0 Å². The lowest BCUT2D eigenvalue weighted by atomic mass is 10.2. The third-order valence-electron chi connectivity index (χ3n) is 4.79. The third-order valence-corrected chi connectivity index (χ3v) is 18.3. The second-order valence-electron chi connectivity index (χ2n) is 7.56. The summed E-state index contributed by atoms with van der Waals surface area (Å²) in [5.74, 6) is 0. The van der Waals surface area contributed by atoms with E-state index in [0.717, 1.165) is 6.54 Å². The van der Waals surface area contributed by atoms with Crippen LogP contribution in [0.2, 0.25) is 18.1 Å². The van der Waals surface area contributed by atoms with Gasteiger partial charge in [0.1, 0.15) is 0 Å². The van der Waals surface area contributed by atoms with Crippen molar-refractivity contribution in [2.45, 2.75) is 79.1 Å². The van der Waals surface area contributed by atoms with Gasteiger partial charge in [-0.3, -0.25) is 0 Å². The van der Waals surface area contributed by atoms with E-state index in [2.05, 4.69) is 66.9 Å². The zero-order chi connectivity index (χ0) is 14.6. The number of allylic oxidation sites excluding steroid dienone is 1. The van der Waals surface area contributed by atoms with Crippen LogP contribution in [-0.4, -0.2) is 29.2 Å². The van der Waals surface area contributed by atoms with Crippen LogP contribution < -0.4 is 5.32 Å². The molecule has 18 heavy (non-hydrogen) atoms. The summed E-state index contributed by atoms with van der Waals surface area (Å²) < 4.78 is 0. The summed E-state index contributed by atoms with van der Waals surface area (Å²) in [5.41, 5.74) is 1.60. The molecule has 0 rings (SSSR count). The lowest BCUT2D eigenvalue weighted by molar-refractivity contribution is 0.559. The van der Waals surface area contributed by atoms with Gasteiger partial charge in [0.2, 0.25) is 0 Å². The van der Waals surface area contributed by atoms with Gasteiger partial charge in [0, 0.05) is 29.2 Å². The summed E-state index contributed by atoms with van der Waals surface area (Å²) in [4.78, 5) is 0. The Morgan fingerprint density at radius 3 is 2.11 bits per heavy atom. The van der Waals surface area contributed by atoms with Gasteiger partial charge in [-0.25, -0.2) is 0 Å². The molecule has 0 aromatic heterocycles. The van der Waals surface area contributed by atoms with Crippen LogP contribution in [0.1, 0.15) is 54.9 Å². The van der Waals surface area contributed by atoms with Crippen LogP contribution in [-0.2, 0) is 0 Å². The Morgan fingerprint density at radius 1 is 1.22 bits per heavy atom. The Balaban J connectivity index is 4.58. The van der Waals surface area contributed by atoms with E-state index in [1.807, 2.05) is 0 Å². The number of hydrogen-bond donors (Lipinski definition) is 1. The molecule has 0 bridgehead atoms. The Morgan fingerprint density at radius 2 is 1.72 bits per heavy atom. The molecule has 1 N–H and O–H groups in total. The van der Waals surface area contributed by atoms with E-state index in [1.54, 1.807) is 10.8 Å². The maximum absolute atomic E-state index is 3.62. The molecule has 0 radical (unpaired) electrons. The molecule has 0 saturated carbocycles. The normalized spacial score (nSPS) is 17.2. The first kappa shape index (κ1) is 18.1. The molecule has 0 amide bonds. The minimum atomic E-state index is -1.04. The molecule has 0 heterocycles. The molecular weight excluding hydrogens is 250 g/mol. The van der Waals surface area contributed by atoms with Crippen molar-refractivity contribution in [2.75, 3.05) is 6.54 Å². The molecule has 0 aliphatic rings. The largest absolute Gasteiger partial charge is 0.311 e. The molecule has 0 saturated heterocycles. The number of hydrogen-bond acceptors (Lipinski definition) is 1. The van der Waals surface area contributed by atoms with Crippen molar-refractivity contribution < 1.29 is 0 Å². The van der Waals surface area contributed by atoms with Gasteiger partial charge in [0.05, 0.1) is 0 Å². The lowest BCUT2D eigenvalue weighted by Crippen LogP contribution is -2.45. The minimum absolute atomic E-state index is 0.0607. The highest BCUT2D eigenvalue weighted by Crippen LogP contribution is 2.36. The first-order valence-electron chi connectivity index (χ1n) is 7.40. The van der Waals surface area contributed by atoms with Gasteiger partial charge < -0.3 is 5.32 Å². The quantitative estimate of drug-likeness (QED) is 0.731. The average molecular weight is 286 g/mol. The van der Waals surface area contributed by atoms with Gasteiger partial charge >= 0.3 is 0 Å². The van der Waals surface area contributed by atoms with Crippen molar-refractivity contribution in [1.82, 2.24) is 5.32 Å². The van der Waals surface area contributed by atoms with E-state index in [1.165, 1.54) is 6.42 Å². The first-order chi connectivity index (χ1) is 8.01. The minimum Gasteiger partial charge on any atom is -0.311 e. The van der Waals surface area contributed by atoms with Gasteiger partial charge in [-0.15, -0.1) is 0 Å². The Hall–Kier alpha value is 0.134. The van der Waals surface area contributed by atoms with E-state index >= 15 is 0 Å². The third kappa shape index (κ3) is 5.85. The maximum Gasteiger partial charge on any atom is 0.0444 e. The Kier molecular flexibility index (Phi) is 7.11. The van der Waals surface area contributed by atoms with Crippen LogP contribution in [0.4, 0.5) is 0 Å². The highest BCUT2D eigenvalue weighted by molar-refractivity contribution is 7.27. The molecule has 1 nitrogen and oxygen atoms in total. The molecule has 0 aliphatic heterocycles. The van der Waals surface area contributed by atoms with Crippen LogP contribution in [0.5, 0.6) is 0 Å². The summed E-state index contributed by atoms with van der Waals surface area (Å²) in [6, 6.07) is 0.641. The highest BCUT2D eigenvalue weighted by Gasteiger charge is 2.35. The molecule has 1 unspecified atom stereocenters. The predicted octanol–water partition coefficient (Wildman–Crippen LogP) is 3.84. The van der Waals surface area contributed by atoms with Crippen LogP contribution in [0.25, 0.3) is 0 Å². The second-order valence-corrected chi connectivity index (χ2v) is 20.6. The van der Waals surface area contributed by atoms with Gasteiger partial charge in [-0.1, -0.05) is 51.6 Å². The van der Waals surface area contributed by atoms with Gasteiger partial charge in [-0.2, -0.15) is 0 Å². The molecule has 0 fully saturated rings. The monoisotopic (exact) mass is 285 g/mol. The van der Waals surface area contributed by atoms with Crippen molar-refractivity contribution in [2.24, 2.45) is 0 Å². The fourth-order valence-electron chi connectivity index (χ4n) is 1.70. The van der Waals surface area contributed by atoms with Crippen LogP contribution in [0.15, 0.2) is 10.8 Å². The van der Waals surface area contributed by atoms with Crippen molar-refractivity contribution >= 4 is 16.6 Å². The van der Waals surface area contributed by atoms with Crippen molar-refractivity contribution in [1.29, 1.82) is 0 Å². The molecule has 0 aliphatic carbocycles. The fourth-order valence-corrected chi connectivity index (χ4v) is 10.5. The summed E-state index contributed by atoms with van der Waals surface area (Å²) >= 11 is 0. The topological polar surface area (TPSA) is 12.0 Å². The van der Waals surface area contributed by atoms with Crippen molar-refractivity contribution in [3.63, 3.8) is 0 Å². The smallest absolute Gasteiger partial charge is 0.0444 e. The second kappa shape index (κ2) is 7.06. The molecule has 0 spiro atoms. The fraction of sp³-hybridized carbons (Fsp3) is 0.867. The number of rotatable bonds is 6. The molecule has 0 aromatic rings. The first-order valence-corrected chi connectivity index (χ1v) is 13.4. The zero-order valence-electron chi connectivity index (χ0n) is 14.2. The summed E-state index contributed by atoms with van der Waals surface area (Å²) in [5, 5.41) is 5.91. The van der Waals surface area contributed by atoms with E-state index in [0.29, 0.717) is 11.1 Å². The summed E-state index contributed by atoms with van der Waals surface area (Å²) in [6.07, 6.45) is 1.21. The van der Waals surface area contributed by atoms with Crippen molar-refractivity contribution in [3.05, 3.63) is 10.8 Å². The SMILES string of the molecule is CCC(C)NCC(C)=C(C)[SiH2][Si](C)(C)C(C)(C)C. The van der Waals surface area contributed by atoms with E-state index in [4.69, 9.17) is 0 Å². The molecule has 1 atom stereocenters. The van der Waals surface area contributed by atoms with Crippen molar-refractivity contribution in [3.8, 4) is 0 Å². The van der Waals surface area contributed by atoms with Crippen LogP contribution in [0.3, 0.4) is 0 Å². The standard InChI is InChI=1S/C15H35NSi2/c1-10-13(3)16-11-12(2)14(4)17-18(8,9)15(5,6)7/h13,16H,10-11,17H2,1-9H3. The highest BCUT2D eigenvalue weighted by atomic mass is 29.2. The van der Waals surface area contributed by atoms with E-state index < -0.39 is 7.59 Å². The van der Waals surface area contributed by atoms with E-state index in [9.17, 15) is 0 Å². The molecule has 0 aromatic carbocycles. The van der Waals surface area contributed by atoms with Gasteiger partial charge in [-0.05, 0) is 32.2 Å². The summed E-state index contributed by atoms with van der Waals surface area (Å²) in [6.45, 7) is 22.8. The number of nitrogens with one attached hydrogen (secondary N) is 1. The Bertz CT molecular complexity index is 287. The zero-order valence-corrected chi connectivity index (χ0v) is 16.6. The molecule has 3 heteroatoms. The predicted molar refractivity (Wildman–Crippen MR) is 91.9 cm³/mol. The van der Waals surface area contributed by atoms with E-state index in [-0.39, 0.29) is 9.04 Å². The Labute approximate surface area is 118 Å². The lowest BCUT2D eigenvalue weighted by Gasteiger charge is -2.37. The summed E-state index contributed by atoms with van der Waals surface area (Å²) in [7, 11) is -1.10. The molecular formula is C15H35NSi2. The van der Waals surface area contributed by atoms with Crippen LogP contribution >= 0.6 is 0 Å². The molecule has 108 valence electrons. The average Bonchev–Trinajstić information content (AvgIpc) is 2.22. The maximum atomic E-state index is 3.62.